The maximum atomic E-state index is 11.0. The Kier molecular flexibility index (Phi) is 5.44. The number of carbonyl (C=O) groups is 1. The predicted octanol–water partition coefficient (Wildman–Crippen LogP) is 2.72. The van der Waals surface area contributed by atoms with Crippen molar-refractivity contribution in [2.24, 2.45) is 0 Å². The minimum absolute atomic E-state index is 0.247. The summed E-state index contributed by atoms with van der Waals surface area (Å²) in [5.41, 5.74) is 0.850. The van der Waals surface area contributed by atoms with Crippen molar-refractivity contribution in [1.82, 2.24) is 0 Å². The highest BCUT2D eigenvalue weighted by Gasteiger charge is 2.09. The standard InChI is InChI=1S/C12H16BrNO3/c1-8(15)3-2-6-14-11-5-4-9(13)7-10(11)12(16)17/h4-5,7-8,14-15H,2-3,6H2,1H3,(H,16,17). The van der Waals surface area contributed by atoms with Crippen molar-refractivity contribution in [3.8, 4) is 0 Å². The first kappa shape index (κ1) is 14.0. The monoisotopic (exact) mass is 301 g/mol. The summed E-state index contributed by atoms with van der Waals surface area (Å²) >= 11 is 3.24. The summed E-state index contributed by atoms with van der Waals surface area (Å²) in [7, 11) is 0. The van der Waals surface area contributed by atoms with Crippen LogP contribution in [0.1, 0.15) is 30.1 Å². The van der Waals surface area contributed by atoms with E-state index >= 15 is 0 Å². The molecule has 0 fully saturated rings. The molecule has 0 radical (unpaired) electrons. The lowest BCUT2D eigenvalue weighted by atomic mass is 10.1. The average Bonchev–Trinajstić information content (AvgIpc) is 2.25. The van der Waals surface area contributed by atoms with Crippen LogP contribution in [0.15, 0.2) is 22.7 Å². The van der Waals surface area contributed by atoms with Gasteiger partial charge in [-0.05, 0) is 38.0 Å². The fraction of sp³-hybridized carbons (Fsp3) is 0.417. The molecule has 0 amide bonds. The van der Waals surface area contributed by atoms with Gasteiger partial charge in [-0.25, -0.2) is 4.79 Å². The minimum atomic E-state index is -0.954. The Morgan fingerprint density at radius 2 is 2.24 bits per heavy atom. The average molecular weight is 302 g/mol. The van der Waals surface area contributed by atoms with Gasteiger partial charge < -0.3 is 15.5 Å². The zero-order valence-electron chi connectivity index (χ0n) is 9.61. The highest BCUT2D eigenvalue weighted by atomic mass is 79.9. The Balaban J connectivity index is 2.61. The maximum Gasteiger partial charge on any atom is 0.337 e. The van der Waals surface area contributed by atoms with Crippen LogP contribution in [0.5, 0.6) is 0 Å². The molecule has 0 aliphatic rings. The summed E-state index contributed by atoms with van der Waals surface area (Å²) in [6.07, 6.45) is 1.18. The van der Waals surface area contributed by atoms with Crippen LogP contribution in [0.25, 0.3) is 0 Å². The van der Waals surface area contributed by atoms with Crippen LogP contribution in [0.3, 0.4) is 0 Å². The van der Waals surface area contributed by atoms with E-state index in [9.17, 15) is 4.79 Å². The number of aliphatic hydroxyl groups excluding tert-OH is 1. The number of hydrogen-bond donors (Lipinski definition) is 3. The van der Waals surface area contributed by atoms with E-state index in [1.54, 1.807) is 25.1 Å². The summed E-state index contributed by atoms with van der Waals surface area (Å²) in [6.45, 7) is 2.38. The van der Waals surface area contributed by atoms with Gasteiger partial charge in [0.25, 0.3) is 0 Å². The Morgan fingerprint density at radius 3 is 2.82 bits per heavy atom. The lowest BCUT2D eigenvalue weighted by Gasteiger charge is -2.10. The third kappa shape index (κ3) is 4.75. The first-order valence-electron chi connectivity index (χ1n) is 5.45. The summed E-state index contributed by atoms with van der Waals surface area (Å²) in [4.78, 5) is 11.0. The van der Waals surface area contributed by atoms with Gasteiger partial charge in [-0.3, -0.25) is 0 Å². The molecule has 5 heteroatoms. The Labute approximate surface area is 109 Å². The molecular weight excluding hydrogens is 286 g/mol. The molecule has 0 saturated heterocycles. The van der Waals surface area contributed by atoms with E-state index in [2.05, 4.69) is 21.2 Å². The van der Waals surface area contributed by atoms with Crippen LogP contribution in [-0.4, -0.2) is 28.8 Å². The topological polar surface area (TPSA) is 69.6 Å². The molecule has 0 aliphatic heterocycles. The van der Waals surface area contributed by atoms with Gasteiger partial charge in [0.1, 0.15) is 0 Å². The lowest BCUT2D eigenvalue weighted by Crippen LogP contribution is -2.09. The SMILES string of the molecule is CC(O)CCCNc1ccc(Br)cc1C(=O)O. The molecule has 1 atom stereocenters. The molecular formula is C12H16BrNO3. The zero-order chi connectivity index (χ0) is 12.8. The molecule has 0 spiro atoms. The summed E-state index contributed by atoms with van der Waals surface area (Å²) < 4.78 is 0.740. The van der Waals surface area contributed by atoms with Crippen LogP contribution >= 0.6 is 15.9 Å². The third-order valence-corrected chi connectivity index (χ3v) is 2.82. The van der Waals surface area contributed by atoms with Gasteiger partial charge in [0.2, 0.25) is 0 Å². The smallest absolute Gasteiger partial charge is 0.337 e. The van der Waals surface area contributed by atoms with Gasteiger partial charge in [-0.1, -0.05) is 15.9 Å². The van der Waals surface area contributed by atoms with Crippen LogP contribution in [-0.2, 0) is 0 Å². The molecule has 0 bridgehead atoms. The van der Waals surface area contributed by atoms with Crippen molar-refractivity contribution in [3.63, 3.8) is 0 Å². The van der Waals surface area contributed by atoms with E-state index in [1.165, 1.54) is 0 Å². The van der Waals surface area contributed by atoms with E-state index < -0.39 is 5.97 Å². The van der Waals surface area contributed by atoms with Crippen LogP contribution in [0.2, 0.25) is 0 Å². The molecule has 3 N–H and O–H groups in total. The number of carboxylic acid groups (broad SMARTS) is 1. The number of carboxylic acids is 1. The molecule has 1 rings (SSSR count). The first-order valence-corrected chi connectivity index (χ1v) is 6.25. The quantitative estimate of drug-likeness (QED) is 0.707. The molecule has 4 nitrogen and oxygen atoms in total. The van der Waals surface area contributed by atoms with Crippen molar-refractivity contribution in [2.45, 2.75) is 25.9 Å². The number of anilines is 1. The van der Waals surface area contributed by atoms with Gasteiger partial charge in [-0.15, -0.1) is 0 Å². The molecule has 1 aromatic rings. The number of nitrogens with one attached hydrogen (secondary N) is 1. The predicted molar refractivity (Wildman–Crippen MR) is 70.5 cm³/mol. The molecule has 0 heterocycles. The maximum absolute atomic E-state index is 11.0. The van der Waals surface area contributed by atoms with Crippen molar-refractivity contribution in [1.29, 1.82) is 0 Å². The Bertz CT molecular complexity index is 393. The second-order valence-corrected chi connectivity index (χ2v) is 4.83. The number of benzene rings is 1. The third-order valence-electron chi connectivity index (χ3n) is 2.33. The number of aliphatic hydroxyl groups is 1. The molecule has 0 aromatic heterocycles. The summed E-state index contributed by atoms with van der Waals surface area (Å²) in [5, 5.41) is 21.2. The van der Waals surface area contributed by atoms with Crippen LogP contribution in [0.4, 0.5) is 5.69 Å². The largest absolute Gasteiger partial charge is 0.478 e. The van der Waals surface area contributed by atoms with Crippen LogP contribution < -0.4 is 5.32 Å². The molecule has 0 saturated carbocycles. The Hall–Kier alpha value is -1.07. The summed E-state index contributed by atoms with van der Waals surface area (Å²) in [6, 6.07) is 5.10. The zero-order valence-corrected chi connectivity index (χ0v) is 11.2. The normalized spacial score (nSPS) is 12.2. The van der Waals surface area contributed by atoms with Gasteiger partial charge in [0.05, 0.1) is 11.7 Å². The number of halogens is 1. The van der Waals surface area contributed by atoms with Gasteiger partial charge >= 0.3 is 5.97 Å². The number of aromatic carboxylic acids is 1. The fourth-order valence-corrected chi connectivity index (χ4v) is 1.83. The van der Waals surface area contributed by atoms with E-state index in [-0.39, 0.29) is 11.7 Å². The fourth-order valence-electron chi connectivity index (χ4n) is 1.47. The lowest BCUT2D eigenvalue weighted by molar-refractivity contribution is 0.0698. The van der Waals surface area contributed by atoms with E-state index in [4.69, 9.17) is 10.2 Å². The van der Waals surface area contributed by atoms with Crippen molar-refractivity contribution in [3.05, 3.63) is 28.2 Å². The van der Waals surface area contributed by atoms with Crippen molar-refractivity contribution < 1.29 is 15.0 Å². The highest BCUT2D eigenvalue weighted by Crippen LogP contribution is 2.21. The minimum Gasteiger partial charge on any atom is -0.478 e. The molecule has 0 aliphatic carbocycles. The van der Waals surface area contributed by atoms with E-state index in [0.29, 0.717) is 18.7 Å². The highest BCUT2D eigenvalue weighted by molar-refractivity contribution is 9.10. The first-order chi connectivity index (χ1) is 8.00. The van der Waals surface area contributed by atoms with Crippen LogP contribution in [0, 0.1) is 0 Å². The van der Waals surface area contributed by atoms with Crippen molar-refractivity contribution in [2.75, 3.05) is 11.9 Å². The van der Waals surface area contributed by atoms with Gasteiger partial charge in [-0.2, -0.15) is 0 Å². The number of hydrogen-bond acceptors (Lipinski definition) is 3. The molecule has 1 unspecified atom stereocenters. The number of rotatable bonds is 6. The molecule has 94 valence electrons. The van der Waals surface area contributed by atoms with E-state index in [0.717, 1.165) is 10.9 Å². The van der Waals surface area contributed by atoms with Gasteiger partial charge in [0.15, 0.2) is 0 Å². The molecule has 17 heavy (non-hydrogen) atoms. The second kappa shape index (κ2) is 6.61. The summed E-state index contributed by atoms with van der Waals surface area (Å²) in [5.74, 6) is -0.954. The second-order valence-electron chi connectivity index (χ2n) is 3.91. The Morgan fingerprint density at radius 1 is 1.53 bits per heavy atom. The van der Waals surface area contributed by atoms with E-state index in [1.807, 2.05) is 0 Å². The van der Waals surface area contributed by atoms with Crippen molar-refractivity contribution >= 4 is 27.6 Å². The van der Waals surface area contributed by atoms with Gasteiger partial charge in [0, 0.05) is 16.7 Å². The molecule has 1 aromatic carbocycles.